The van der Waals surface area contributed by atoms with E-state index in [9.17, 15) is 18.3 Å². The number of halogens is 3. The fourth-order valence-corrected chi connectivity index (χ4v) is 2.65. The summed E-state index contributed by atoms with van der Waals surface area (Å²) in [5.41, 5.74) is -2.37. The van der Waals surface area contributed by atoms with E-state index in [1.807, 2.05) is 0 Å². The number of fused-ring (bicyclic) bond motifs is 1. The van der Waals surface area contributed by atoms with Crippen LogP contribution in [-0.4, -0.2) is 23.4 Å². The Hall–Kier alpha value is -1.69. The summed E-state index contributed by atoms with van der Waals surface area (Å²) >= 11 is 0. The SMILES string of the molecule is COc1ccc2[nH]cc(C(O)(C3CC3)C(F)(F)F)c2c1. The fraction of sp³-hybridized carbons (Fsp3) is 0.429. The molecule has 1 heterocycles. The van der Waals surface area contributed by atoms with Crippen LogP contribution in [0.4, 0.5) is 13.2 Å². The second kappa shape index (κ2) is 4.15. The van der Waals surface area contributed by atoms with Crippen molar-refractivity contribution >= 4 is 10.9 Å². The van der Waals surface area contributed by atoms with Crippen molar-refractivity contribution in [3.8, 4) is 5.75 Å². The molecule has 1 atom stereocenters. The van der Waals surface area contributed by atoms with Crippen molar-refractivity contribution in [2.24, 2.45) is 5.92 Å². The van der Waals surface area contributed by atoms with E-state index in [0.29, 0.717) is 29.5 Å². The first-order valence-corrected chi connectivity index (χ1v) is 6.32. The average molecular weight is 285 g/mol. The number of benzene rings is 1. The maximum absolute atomic E-state index is 13.4. The number of rotatable bonds is 3. The van der Waals surface area contributed by atoms with Gasteiger partial charge in [0.05, 0.1) is 7.11 Å². The lowest BCUT2D eigenvalue weighted by molar-refractivity contribution is -0.274. The molecule has 108 valence electrons. The van der Waals surface area contributed by atoms with Gasteiger partial charge < -0.3 is 14.8 Å². The minimum absolute atomic E-state index is 0.124. The first-order chi connectivity index (χ1) is 9.38. The van der Waals surface area contributed by atoms with Gasteiger partial charge in [0.15, 0.2) is 5.60 Å². The minimum Gasteiger partial charge on any atom is -0.497 e. The highest BCUT2D eigenvalue weighted by Gasteiger charge is 2.63. The van der Waals surface area contributed by atoms with Crippen LogP contribution in [0.3, 0.4) is 0 Å². The van der Waals surface area contributed by atoms with E-state index in [2.05, 4.69) is 4.98 Å². The molecule has 0 bridgehead atoms. The molecule has 2 N–H and O–H groups in total. The molecule has 0 saturated heterocycles. The second-order valence-electron chi connectivity index (χ2n) is 5.15. The molecule has 0 spiro atoms. The molecule has 20 heavy (non-hydrogen) atoms. The Morgan fingerprint density at radius 2 is 2.00 bits per heavy atom. The van der Waals surface area contributed by atoms with Gasteiger partial charge in [-0.25, -0.2) is 0 Å². The van der Waals surface area contributed by atoms with Gasteiger partial charge in [0.25, 0.3) is 0 Å². The van der Waals surface area contributed by atoms with E-state index in [1.165, 1.54) is 19.4 Å². The smallest absolute Gasteiger partial charge is 0.421 e. The lowest BCUT2D eigenvalue weighted by Crippen LogP contribution is -2.44. The molecular formula is C14H14F3NO2. The molecule has 1 fully saturated rings. The summed E-state index contributed by atoms with van der Waals surface area (Å²) in [4.78, 5) is 2.78. The van der Waals surface area contributed by atoms with E-state index in [0.717, 1.165) is 0 Å². The highest BCUT2D eigenvalue weighted by atomic mass is 19.4. The van der Waals surface area contributed by atoms with Crippen LogP contribution in [0.25, 0.3) is 10.9 Å². The number of aliphatic hydroxyl groups is 1. The average Bonchev–Trinajstić information content (AvgIpc) is 3.16. The molecular weight excluding hydrogens is 271 g/mol. The molecule has 1 saturated carbocycles. The molecule has 0 radical (unpaired) electrons. The maximum atomic E-state index is 13.4. The molecule has 1 aromatic carbocycles. The van der Waals surface area contributed by atoms with Crippen molar-refractivity contribution in [2.45, 2.75) is 24.6 Å². The van der Waals surface area contributed by atoms with Crippen LogP contribution in [0.15, 0.2) is 24.4 Å². The second-order valence-corrected chi connectivity index (χ2v) is 5.15. The summed E-state index contributed by atoms with van der Waals surface area (Å²) in [6.45, 7) is 0. The number of aromatic amines is 1. The zero-order chi connectivity index (χ0) is 14.5. The third-order valence-electron chi connectivity index (χ3n) is 3.90. The number of alkyl halides is 3. The summed E-state index contributed by atoms with van der Waals surface area (Å²) < 4.78 is 45.2. The van der Waals surface area contributed by atoms with Gasteiger partial charge in [-0.1, -0.05) is 0 Å². The lowest BCUT2D eigenvalue weighted by Gasteiger charge is -2.30. The van der Waals surface area contributed by atoms with E-state index in [-0.39, 0.29) is 5.56 Å². The molecule has 2 aromatic rings. The standard InChI is InChI=1S/C14H14F3NO2/c1-20-9-4-5-12-10(6-9)11(7-18-12)13(19,8-2-3-8)14(15,16)17/h4-8,18-19H,2-3H2,1H3. The molecule has 0 amide bonds. The first kappa shape index (κ1) is 13.3. The van der Waals surface area contributed by atoms with Crippen molar-refractivity contribution in [3.63, 3.8) is 0 Å². The van der Waals surface area contributed by atoms with E-state index in [4.69, 9.17) is 4.74 Å². The third-order valence-corrected chi connectivity index (χ3v) is 3.90. The Balaban J connectivity index is 2.21. The number of hydrogen-bond donors (Lipinski definition) is 2. The first-order valence-electron chi connectivity index (χ1n) is 6.32. The van der Waals surface area contributed by atoms with E-state index >= 15 is 0 Å². The minimum atomic E-state index is -4.70. The summed E-state index contributed by atoms with van der Waals surface area (Å²) in [7, 11) is 1.45. The Bertz CT molecular complexity index is 645. The van der Waals surface area contributed by atoms with Crippen LogP contribution in [-0.2, 0) is 5.60 Å². The Morgan fingerprint density at radius 1 is 1.30 bits per heavy atom. The Labute approximate surface area is 113 Å². The molecule has 3 rings (SSSR count). The molecule has 3 nitrogen and oxygen atoms in total. The van der Waals surface area contributed by atoms with Crippen LogP contribution in [0, 0.1) is 5.92 Å². The van der Waals surface area contributed by atoms with Crippen LogP contribution < -0.4 is 4.74 Å². The predicted molar refractivity (Wildman–Crippen MR) is 67.5 cm³/mol. The summed E-state index contributed by atoms with van der Waals surface area (Å²) in [6.07, 6.45) is -2.69. The van der Waals surface area contributed by atoms with Crippen LogP contribution in [0.1, 0.15) is 18.4 Å². The van der Waals surface area contributed by atoms with Crippen LogP contribution >= 0.6 is 0 Å². The van der Waals surface area contributed by atoms with E-state index < -0.39 is 17.7 Å². The molecule has 1 aromatic heterocycles. The summed E-state index contributed by atoms with van der Waals surface area (Å²) in [6, 6.07) is 4.81. The Kier molecular flexibility index (Phi) is 2.76. The topological polar surface area (TPSA) is 45.2 Å². The van der Waals surface area contributed by atoms with Gasteiger partial charge in [-0.2, -0.15) is 13.2 Å². The predicted octanol–water partition coefficient (Wildman–Crippen LogP) is 3.34. The molecule has 1 aliphatic rings. The monoisotopic (exact) mass is 285 g/mol. The number of hydrogen-bond acceptors (Lipinski definition) is 2. The quantitative estimate of drug-likeness (QED) is 0.908. The Morgan fingerprint density at radius 3 is 2.55 bits per heavy atom. The summed E-state index contributed by atoms with van der Waals surface area (Å²) in [5.74, 6) is -0.314. The largest absolute Gasteiger partial charge is 0.497 e. The number of ether oxygens (including phenoxy) is 1. The third kappa shape index (κ3) is 1.78. The van der Waals surface area contributed by atoms with Crippen LogP contribution in [0.5, 0.6) is 5.75 Å². The summed E-state index contributed by atoms with van der Waals surface area (Å²) in [5, 5.41) is 10.7. The number of nitrogens with one attached hydrogen (secondary N) is 1. The van der Waals surface area contributed by atoms with E-state index in [1.54, 1.807) is 12.1 Å². The van der Waals surface area contributed by atoms with Gasteiger partial charge in [0.2, 0.25) is 0 Å². The van der Waals surface area contributed by atoms with Gasteiger partial charge in [0.1, 0.15) is 5.75 Å². The zero-order valence-electron chi connectivity index (χ0n) is 10.8. The number of methoxy groups -OCH3 is 1. The number of aromatic nitrogens is 1. The van der Waals surface area contributed by atoms with Gasteiger partial charge in [-0.05, 0) is 31.0 Å². The normalized spacial score (nSPS) is 19.1. The van der Waals surface area contributed by atoms with Crippen molar-refractivity contribution in [3.05, 3.63) is 30.0 Å². The van der Waals surface area contributed by atoms with Crippen molar-refractivity contribution in [1.29, 1.82) is 0 Å². The highest BCUT2D eigenvalue weighted by Crippen LogP contribution is 2.55. The van der Waals surface area contributed by atoms with Gasteiger partial charge in [-0.3, -0.25) is 0 Å². The maximum Gasteiger partial charge on any atom is 0.421 e. The zero-order valence-corrected chi connectivity index (χ0v) is 10.8. The van der Waals surface area contributed by atoms with Gasteiger partial charge >= 0.3 is 6.18 Å². The number of H-pyrrole nitrogens is 1. The fourth-order valence-electron chi connectivity index (χ4n) is 2.65. The highest BCUT2D eigenvalue weighted by molar-refractivity contribution is 5.85. The van der Waals surface area contributed by atoms with Crippen LogP contribution in [0.2, 0.25) is 0 Å². The molecule has 1 aliphatic carbocycles. The molecule has 0 aliphatic heterocycles. The van der Waals surface area contributed by atoms with Gasteiger partial charge in [0, 0.05) is 28.6 Å². The van der Waals surface area contributed by atoms with Crippen molar-refractivity contribution < 1.29 is 23.0 Å². The lowest BCUT2D eigenvalue weighted by atomic mass is 9.88. The molecule has 6 heteroatoms. The van der Waals surface area contributed by atoms with Crippen molar-refractivity contribution in [1.82, 2.24) is 4.98 Å². The van der Waals surface area contributed by atoms with Crippen molar-refractivity contribution in [2.75, 3.05) is 7.11 Å². The van der Waals surface area contributed by atoms with Gasteiger partial charge in [-0.15, -0.1) is 0 Å². The molecule has 1 unspecified atom stereocenters.